The molecule has 0 fully saturated rings. The molecule has 13 heteroatoms. The first-order valence-corrected chi connectivity index (χ1v) is 12.2. The number of benzene rings is 3. The minimum Gasteiger partial charge on any atom is -0.325 e. The fraction of sp³-hybridized carbons (Fsp3) is 0.136. The van der Waals surface area contributed by atoms with Crippen molar-refractivity contribution in [1.29, 1.82) is 0 Å². The number of hydrogen-bond acceptors (Lipinski definition) is 3. The van der Waals surface area contributed by atoms with Crippen molar-refractivity contribution in [3.63, 3.8) is 0 Å². The second-order valence-electron chi connectivity index (χ2n) is 7.22. The molecule has 0 aliphatic carbocycles. The molecule has 0 aliphatic rings. The Balaban J connectivity index is 1.91. The summed E-state index contributed by atoms with van der Waals surface area (Å²) in [6.07, 6.45) is -4.98. The number of carbonyl (C=O) groups is 1. The molecule has 0 saturated heterocycles. The van der Waals surface area contributed by atoms with E-state index in [9.17, 15) is 30.8 Å². The number of nitrogens with zero attached hydrogens (tertiary/aromatic N) is 1. The number of halogens is 7. The molecule has 0 aliphatic heterocycles. The lowest BCUT2D eigenvalue weighted by Crippen LogP contribution is -2.37. The number of alkyl halides is 3. The maximum atomic E-state index is 13.5. The monoisotopic (exact) mass is 568 g/mol. The van der Waals surface area contributed by atoms with E-state index >= 15 is 0 Å². The topological polar surface area (TPSA) is 66.5 Å². The molecule has 0 heterocycles. The van der Waals surface area contributed by atoms with E-state index in [-0.39, 0.29) is 32.2 Å². The fourth-order valence-electron chi connectivity index (χ4n) is 3.00. The van der Waals surface area contributed by atoms with Gasteiger partial charge in [0, 0.05) is 17.3 Å². The van der Waals surface area contributed by atoms with Crippen molar-refractivity contribution in [3.8, 4) is 0 Å². The number of amides is 1. The Bertz CT molecular complexity index is 1350. The zero-order valence-corrected chi connectivity index (χ0v) is 20.5. The van der Waals surface area contributed by atoms with Gasteiger partial charge in [-0.1, -0.05) is 40.9 Å². The van der Waals surface area contributed by atoms with Gasteiger partial charge in [0.2, 0.25) is 15.9 Å². The number of nitrogens with one attached hydrogen (secondary N) is 1. The maximum Gasteiger partial charge on any atom is 0.419 e. The third-order valence-electron chi connectivity index (χ3n) is 4.67. The van der Waals surface area contributed by atoms with Crippen LogP contribution in [0.3, 0.4) is 0 Å². The van der Waals surface area contributed by atoms with E-state index in [1.165, 1.54) is 42.5 Å². The van der Waals surface area contributed by atoms with Crippen LogP contribution in [0.2, 0.25) is 15.1 Å². The highest BCUT2D eigenvalue weighted by Gasteiger charge is 2.34. The van der Waals surface area contributed by atoms with Crippen molar-refractivity contribution in [2.75, 3.05) is 11.9 Å². The third kappa shape index (κ3) is 6.86. The van der Waals surface area contributed by atoms with E-state index in [0.717, 1.165) is 10.4 Å². The van der Waals surface area contributed by atoms with Crippen LogP contribution in [0.15, 0.2) is 65.6 Å². The standard InChI is InChI=1S/C22H15Cl3F4N2O3S/c23-14-2-5-16(6-3-14)35(33,34)31(11-13-1-7-18(24)19(25)9-13)12-21(32)30-15-4-8-20(26)17(10-15)22(27,28)29/h1-10H,11-12H2,(H,30,32). The molecule has 5 nitrogen and oxygen atoms in total. The summed E-state index contributed by atoms with van der Waals surface area (Å²) in [7, 11) is -4.27. The van der Waals surface area contributed by atoms with Crippen LogP contribution in [0.25, 0.3) is 0 Å². The summed E-state index contributed by atoms with van der Waals surface area (Å²) in [6.45, 7) is -1.09. The lowest BCUT2D eigenvalue weighted by molar-refractivity contribution is -0.140. The zero-order chi connectivity index (χ0) is 26.0. The lowest BCUT2D eigenvalue weighted by Gasteiger charge is -2.22. The smallest absolute Gasteiger partial charge is 0.325 e. The average molecular weight is 570 g/mol. The second-order valence-corrected chi connectivity index (χ2v) is 10.4. The Morgan fingerprint density at radius 2 is 1.57 bits per heavy atom. The fourth-order valence-corrected chi connectivity index (χ4v) is 4.84. The number of anilines is 1. The summed E-state index contributed by atoms with van der Waals surface area (Å²) < 4.78 is 79.8. The van der Waals surface area contributed by atoms with Crippen molar-refractivity contribution in [1.82, 2.24) is 4.31 Å². The first-order valence-electron chi connectivity index (χ1n) is 9.63. The van der Waals surface area contributed by atoms with Crippen LogP contribution in [0.5, 0.6) is 0 Å². The Kier molecular flexibility index (Phi) is 8.33. The Morgan fingerprint density at radius 1 is 0.914 bits per heavy atom. The number of rotatable bonds is 7. The third-order valence-corrected chi connectivity index (χ3v) is 7.47. The Hall–Kier alpha value is -2.37. The van der Waals surface area contributed by atoms with Gasteiger partial charge in [-0.15, -0.1) is 0 Å². The van der Waals surface area contributed by atoms with Gasteiger partial charge in [-0.05, 0) is 60.2 Å². The molecule has 0 radical (unpaired) electrons. The van der Waals surface area contributed by atoms with Crippen LogP contribution in [0.1, 0.15) is 11.1 Å². The molecule has 1 amide bonds. The first kappa shape index (κ1) is 27.2. The molecular weight excluding hydrogens is 555 g/mol. The Labute approximate surface area is 213 Å². The van der Waals surface area contributed by atoms with Gasteiger partial charge in [0.1, 0.15) is 5.82 Å². The average Bonchev–Trinajstić information content (AvgIpc) is 2.76. The van der Waals surface area contributed by atoms with Gasteiger partial charge in [0.25, 0.3) is 0 Å². The summed E-state index contributed by atoms with van der Waals surface area (Å²) in [5.41, 5.74) is -1.54. The molecule has 3 aromatic rings. The minimum atomic E-state index is -4.98. The van der Waals surface area contributed by atoms with Crippen molar-refractivity contribution in [3.05, 3.63) is 92.7 Å². The van der Waals surface area contributed by atoms with Gasteiger partial charge in [-0.3, -0.25) is 4.79 Å². The maximum absolute atomic E-state index is 13.5. The molecule has 0 spiro atoms. The summed E-state index contributed by atoms with van der Waals surface area (Å²) in [6, 6.07) is 11.5. The van der Waals surface area contributed by atoms with Crippen molar-refractivity contribution >= 4 is 56.4 Å². The van der Waals surface area contributed by atoms with Crippen LogP contribution in [-0.4, -0.2) is 25.2 Å². The number of sulfonamides is 1. The summed E-state index contributed by atoms with van der Waals surface area (Å²) >= 11 is 17.7. The zero-order valence-electron chi connectivity index (χ0n) is 17.4. The van der Waals surface area contributed by atoms with E-state index in [4.69, 9.17) is 34.8 Å². The van der Waals surface area contributed by atoms with Crippen LogP contribution >= 0.6 is 34.8 Å². The van der Waals surface area contributed by atoms with Crippen LogP contribution in [-0.2, 0) is 27.5 Å². The molecule has 186 valence electrons. The molecule has 0 saturated carbocycles. The van der Waals surface area contributed by atoms with E-state index in [2.05, 4.69) is 5.32 Å². The molecule has 0 unspecified atom stereocenters. The van der Waals surface area contributed by atoms with E-state index in [1.807, 2.05) is 0 Å². The summed E-state index contributed by atoms with van der Waals surface area (Å²) in [4.78, 5) is 12.5. The van der Waals surface area contributed by atoms with Gasteiger partial charge in [0.05, 0.1) is 27.0 Å². The van der Waals surface area contributed by atoms with Gasteiger partial charge < -0.3 is 5.32 Å². The molecule has 3 rings (SSSR count). The molecule has 1 N–H and O–H groups in total. The number of hydrogen-bond donors (Lipinski definition) is 1. The molecule has 3 aromatic carbocycles. The van der Waals surface area contributed by atoms with Gasteiger partial charge in [-0.2, -0.15) is 17.5 Å². The molecular formula is C22H15Cl3F4N2O3S. The predicted molar refractivity (Wildman–Crippen MR) is 126 cm³/mol. The van der Waals surface area contributed by atoms with Crippen molar-refractivity contribution in [2.24, 2.45) is 0 Å². The van der Waals surface area contributed by atoms with Crippen LogP contribution < -0.4 is 5.32 Å². The molecule has 35 heavy (non-hydrogen) atoms. The van der Waals surface area contributed by atoms with E-state index < -0.39 is 40.0 Å². The van der Waals surface area contributed by atoms with Gasteiger partial charge >= 0.3 is 6.18 Å². The normalized spacial score (nSPS) is 12.1. The van der Waals surface area contributed by atoms with Crippen molar-refractivity contribution < 1.29 is 30.8 Å². The second kappa shape index (κ2) is 10.7. The molecule has 0 atom stereocenters. The molecule has 0 aromatic heterocycles. The summed E-state index contributed by atoms with van der Waals surface area (Å²) in [5.74, 6) is -2.47. The Morgan fingerprint density at radius 3 is 2.17 bits per heavy atom. The van der Waals surface area contributed by atoms with E-state index in [1.54, 1.807) is 0 Å². The highest BCUT2D eigenvalue weighted by Crippen LogP contribution is 2.33. The minimum absolute atomic E-state index is 0.156. The highest BCUT2D eigenvalue weighted by atomic mass is 35.5. The predicted octanol–water partition coefficient (Wildman–Crippen LogP) is 6.63. The van der Waals surface area contributed by atoms with Crippen LogP contribution in [0, 0.1) is 5.82 Å². The molecule has 0 bridgehead atoms. The van der Waals surface area contributed by atoms with Gasteiger partial charge in [-0.25, -0.2) is 12.8 Å². The largest absolute Gasteiger partial charge is 0.419 e. The summed E-state index contributed by atoms with van der Waals surface area (Å²) in [5, 5.41) is 2.85. The van der Waals surface area contributed by atoms with Gasteiger partial charge in [0.15, 0.2) is 0 Å². The van der Waals surface area contributed by atoms with Crippen LogP contribution in [0.4, 0.5) is 23.2 Å². The highest BCUT2D eigenvalue weighted by molar-refractivity contribution is 7.89. The van der Waals surface area contributed by atoms with E-state index in [0.29, 0.717) is 17.7 Å². The number of carbonyl (C=O) groups excluding carboxylic acids is 1. The van der Waals surface area contributed by atoms with Crippen molar-refractivity contribution in [2.45, 2.75) is 17.6 Å². The lowest BCUT2D eigenvalue weighted by atomic mass is 10.2. The quantitative estimate of drug-likeness (QED) is 0.325. The SMILES string of the molecule is O=C(CN(Cc1ccc(Cl)c(Cl)c1)S(=O)(=O)c1ccc(Cl)cc1)Nc1ccc(F)c(C(F)(F)F)c1. The first-order chi connectivity index (χ1) is 16.3.